The minimum atomic E-state index is -0.116. The average molecular weight is 191 g/mol. The number of carbonyl (C=O) groups is 1. The molecule has 1 heterocycles. The summed E-state index contributed by atoms with van der Waals surface area (Å²) < 4.78 is 0. The van der Waals surface area contributed by atoms with Crippen molar-refractivity contribution in [1.82, 2.24) is 15.3 Å². The average Bonchev–Trinajstić information content (AvgIpc) is 2.17. The number of rotatable bonds is 3. The van der Waals surface area contributed by atoms with E-state index in [1.54, 1.807) is 25.4 Å². The Bertz CT molecular complexity index is 330. The van der Waals surface area contributed by atoms with E-state index in [2.05, 4.69) is 15.3 Å². The van der Waals surface area contributed by atoms with Gasteiger partial charge < -0.3 is 5.32 Å². The van der Waals surface area contributed by atoms with Crippen molar-refractivity contribution in [3.05, 3.63) is 35.9 Å². The summed E-state index contributed by atoms with van der Waals surface area (Å²) in [6, 6.07) is 0. The fourth-order valence-electron chi connectivity index (χ4n) is 0.899. The third kappa shape index (κ3) is 3.35. The van der Waals surface area contributed by atoms with E-state index in [0.29, 0.717) is 6.54 Å². The van der Waals surface area contributed by atoms with E-state index in [1.807, 2.05) is 6.92 Å². The molecule has 0 bridgehead atoms. The highest BCUT2D eigenvalue weighted by atomic mass is 16.1. The summed E-state index contributed by atoms with van der Waals surface area (Å²) >= 11 is 0. The van der Waals surface area contributed by atoms with E-state index in [9.17, 15) is 4.79 Å². The molecule has 4 nitrogen and oxygen atoms in total. The maximum absolute atomic E-state index is 11.0. The Kier molecular flexibility index (Phi) is 3.79. The molecule has 0 aliphatic heterocycles. The normalized spacial score (nSPS) is 10.4. The molecule has 1 N–H and O–H groups in total. The van der Waals surface area contributed by atoms with Gasteiger partial charge in [0.2, 0.25) is 5.91 Å². The van der Waals surface area contributed by atoms with Crippen LogP contribution in [0.4, 0.5) is 0 Å². The zero-order chi connectivity index (χ0) is 10.4. The van der Waals surface area contributed by atoms with Crippen molar-refractivity contribution in [2.24, 2.45) is 0 Å². The Morgan fingerprint density at radius 1 is 1.50 bits per heavy atom. The van der Waals surface area contributed by atoms with Crippen molar-refractivity contribution in [2.75, 3.05) is 0 Å². The van der Waals surface area contributed by atoms with Crippen LogP contribution < -0.4 is 5.32 Å². The lowest BCUT2D eigenvalue weighted by atomic mass is 10.4. The molecule has 4 heteroatoms. The molecule has 0 fully saturated rings. The van der Waals surface area contributed by atoms with Gasteiger partial charge in [-0.1, -0.05) is 6.08 Å². The Labute approximate surface area is 83.1 Å². The first-order valence-electron chi connectivity index (χ1n) is 4.40. The van der Waals surface area contributed by atoms with Crippen LogP contribution in [0.3, 0.4) is 0 Å². The predicted molar refractivity (Wildman–Crippen MR) is 53.4 cm³/mol. The second kappa shape index (κ2) is 5.11. The highest BCUT2D eigenvalue weighted by Gasteiger charge is 1.97. The van der Waals surface area contributed by atoms with Crippen LogP contribution in [-0.2, 0) is 11.3 Å². The second-order valence-corrected chi connectivity index (χ2v) is 2.87. The van der Waals surface area contributed by atoms with Crippen LogP contribution in [0.5, 0.6) is 0 Å². The fourth-order valence-corrected chi connectivity index (χ4v) is 0.899. The SMILES string of the molecule is CC=CC(=O)NCc1cnc(C)cn1. The van der Waals surface area contributed by atoms with Gasteiger partial charge in [-0.15, -0.1) is 0 Å². The third-order valence-corrected chi connectivity index (χ3v) is 1.60. The molecule has 74 valence electrons. The summed E-state index contributed by atoms with van der Waals surface area (Å²) in [5.41, 5.74) is 1.63. The van der Waals surface area contributed by atoms with Gasteiger partial charge in [0.25, 0.3) is 0 Å². The first-order valence-corrected chi connectivity index (χ1v) is 4.40. The standard InChI is InChI=1S/C10H13N3O/c1-3-4-10(14)13-7-9-6-11-8(2)5-12-9/h3-6H,7H2,1-2H3,(H,13,14). The zero-order valence-electron chi connectivity index (χ0n) is 8.32. The predicted octanol–water partition coefficient (Wildman–Crippen LogP) is 0.977. The van der Waals surface area contributed by atoms with Crippen LogP contribution in [0.1, 0.15) is 18.3 Å². The molecule has 0 aliphatic rings. The molecule has 0 saturated heterocycles. The summed E-state index contributed by atoms with van der Waals surface area (Å²) in [5, 5.41) is 2.69. The molecule has 0 aliphatic carbocycles. The molecular weight excluding hydrogens is 178 g/mol. The van der Waals surface area contributed by atoms with E-state index in [-0.39, 0.29) is 5.91 Å². The molecular formula is C10H13N3O. The van der Waals surface area contributed by atoms with Crippen LogP contribution in [0.25, 0.3) is 0 Å². The smallest absolute Gasteiger partial charge is 0.243 e. The molecule has 0 spiro atoms. The number of nitrogens with zero attached hydrogens (tertiary/aromatic N) is 2. The van der Waals surface area contributed by atoms with Gasteiger partial charge in [0, 0.05) is 6.20 Å². The highest BCUT2D eigenvalue weighted by Crippen LogP contribution is 1.93. The molecule has 0 unspecified atom stereocenters. The first kappa shape index (κ1) is 10.4. The van der Waals surface area contributed by atoms with Gasteiger partial charge in [-0.25, -0.2) is 0 Å². The quantitative estimate of drug-likeness (QED) is 0.724. The fraction of sp³-hybridized carbons (Fsp3) is 0.300. The lowest BCUT2D eigenvalue weighted by molar-refractivity contribution is -0.116. The molecule has 0 radical (unpaired) electrons. The van der Waals surface area contributed by atoms with Gasteiger partial charge in [-0.2, -0.15) is 0 Å². The largest absolute Gasteiger partial charge is 0.347 e. The van der Waals surface area contributed by atoms with Crippen molar-refractivity contribution < 1.29 is 4.79 Å². The Hall–Kier alpha value is -1.71. The minimum absolute atomic E-state index is 0.116. The van der Waals surface area contributed by atoms with Crippen molar-refractivity contribution in [1.29, 1.82) is 0 Å². The molecule has 0 saturated carbocycles. The summed E-state index contributed by atoms with van der Waals surface area (Å²) in [7, 11) is 0. The number of nitrogens with one attached hydrogen (secondary N) is 1. The second-order valence-electron chi connectivity index (χ2n) is 2.87. The van der Waals surface area contributed by atoms with E-state index in [1.165, 1.54) is 6.08 Å². The van der Waals surface area contributed by atoms with Gasteiger partial charge in [-0.05, 0) is 19.9 Å². The Morgan fingerprint density at radius 2 is 2.29 bits per heavy atom. The summed E-state index contributed by atoms with van der Waals surface area (Å²) in [6.07, 6.45) is 6.50. The first-order chi connectivity index (χ1) is 6.72. The maximum atomic E-state index is 11.0. The summed E-state index contributed by atoms with van der Waals surface area (Å²) in [6.45, 7) is 4.08. The molecule has 0 atom stereocenters. The summed E-state index contributed by atoms with van der Waals surface area (Å²) in [4.78, 5) is 19.2. The number of hydrogen-bond donors (Lipinski definition) is 1. The van der Waals surface area contributed by atoms with Gasteiger partial charge >= 0.3 is 0 Å². The van der Waals surface area contributed by atoms with Crippen LogP contribution in [0.15, 0.2) is 24.5 Å². The molecule has 1 rings (SSSR count). The van der Waals surface area contributed by atoms with Crippen LogP contribution >= 0.6 is 0 Å². The zero-order valence-corrected chi connectivity index (χ0v) is 8.32. The monoisotopic (exact) mass is 191 g/mol. The van der Waals surface area contributed by atoms with Crippen molar-refractivity contribution in [2.45, 2.75) is 20.4 Å². The van der Waals surface area contributed by atoms with Gasteiger partial charge in [0.05, 0.1) is 24.1 Å². The molecule has 1 aromatic rings. The Balaban J connectivity index is 2.46. The number of hydrogen-bond acceptors (Lipinski definition) is 3. The van der Waals surface area contributed by atoms with Crippen molar-refractivity contribution >= 4 is 5.91 Å². The van der Waals surface area contributed by atoms with Crippen molar-refractivity contribution in [3.8, 4) is 0 Å². The third-order valence-electron chi connectivity index (χ3n) is 1.60. The van der Waals surface area contributed by atoms with Gasteiger partial charge in [0.15, 0.2) is 0 Å². The molecule has 0 aromatic carbocycles. The number of aromatic nitrogens is 2. The maximum Gasteiger partial charge on any atom is 0.243 e. The number of allylic oxidation sites excluding steroid dienone is 1. The number of carbonyl (C=O) groups excluding carboxylic acids is 1. The lowest BCUT2D eigenvalue weighted by Gasteiger charge is -2.00. The number of aryl methyl sites for hydroxylation is 1. The van der Waals surface area contributed by atoms with Gasteiger partial charge in [0.1, 0.15) is 0 Å². The highest BCUT2D eigenvalue weighted by molar-refractivity contribution is 5.87. The topological polar surface area (TPSA) is 54.9 Å². The molecule has 1 amide bonds. The van der Waals surface area contributed by atoms with Crippen molar-refractivity contribution in [3.63, 3.8) is 0 Å². The van der Waals surface area contributed by atoms with Crippen LogP contribution in [0, 0.1) is 6.92 Å². The van der Waals surface area contributed by atoms with Gasteiger partial charge in [-0.3, -0.25) is 14.8 Å². The van der Waals surface area contributed by atoms with E-state index in [0.717, 1.165) is 11.4 Å². The molecule has 1 aromatic heterocycles. The molecule has 14 heavy (non-hydrogen) atoms. The van der Waals surface area contributed by atoms with E-state index >= 15 is 0 Å². The summed E-state index contributed by atoms with van der Waals surface area (Å²) in [5.74, 6) is -0.116. The van der Waals surface area contributed by atoms with Crippen LogP contribution in [0.2, 0.25) is 0 Å². The van der Waals surface area contributed by atoms with E-state index in [4.69, 9.17) is 0 Å². The minimum Gasteiger partial charge on any atom is -0.347 e. The lowest BCUT2D eigenvalue weighted by Crippen LogP contribution is -2.20. The Morgan fingerprint density at radius 3 is 2.86 bits per heavy atom. The van der Waals surface area contributed by atoms with E-state index < -0.39 is 0 Å². The van der Waals surface area contributed by atoms with Crippen LogP contribution in [-0.4, -0.2) is 15.9 Å². The number of amides is 1.